The normalized spacial score (nSPS) is 12.2. The lowest BCUT2D eigenvalue weighted by atomic mass is 9.99. The van der Waals surface area contributed by atoms with Crippen molar-refractivity contribution in [3.05, 3.63) is 65.2 Å². The minimum atomic E-state index is 0.0377. The van der Waals surface area contributed by atoms with Gasteiger partial charge in [-0.2, -0.15) is 0 Å². The number of anilines is 1. The van der Waals surface area contributed by atoms with Crippen LogP contribution in [0.1, 0.15) is 29.7 Å². The molecule has 2 heteroatoms. The maximum Gasteiger partial charge on any atom is 0.0475 e. The largest absolute Gasteiger partial charge is 0.370 e. The van der Waals surface area contributed by atoms with Crippen LogP contribution in [0.15, 0.2) is 48.5 Å². The van der Waals surface area contributed by atoms with Gasteiger partial charge in [-0.3, -0.25) is 0 Å². The van der Waals surface area contributed by atoms with Gasteiger partial charge in [-0.05, 0) is 44.0 Å². The van der Waals surface area contributed by atoms with Crippen LogP contribution in [0.5, 0.6) is 0 Å². The summed E-state index contributed by atoms with van der Waals surface area (Å²) in [7, 11) is 0. The lowest BCUT2D eigenvalue weighted by Gasteiger charge is -2.27. The van der Waals surface area contributed by atoms with Gasteiger partial charge >= 0.3 is 0 Å². The van der Waals surface area contributed by atoms with Crippen LogP contribution in [-0.2, 0) is 0 Å². The smallest absolute Gasteiger partial charge is 0.0475 e. The predicted octanol–water partition coefficient (Wildman–Crippen LogP) is 3.83. The molecule has 2 rings (SSSR count). The van der Waals surface area contributed by atoms with Crippen LogP contribution in [0.2, 0.25) is 0 Å². The summed E-state index contributed by atoms with van der Waals surface area (Å²) in [5.74, 6) is 0. The molecule has 0 saturated heterocycles. The first-order valence-corrected chi connectivity index (χ1v) is 7.24. The van der Waals surface area contributed by atoms with Crippen molar-refractivity contribution in [2.24, 2.45) is 5.73 Å². The Morgan fingerprint density at radius 1 is 1.05 bits per heavy atom. The minimum Gasteiger partial charge on any atom is -0.370 e. The fourth-order valence-corrected chi connectivity index (χ4v) is 2.63. The summed E-state index contributed by atoms with van der Waals surface area (Å²) >= 11 is 0. The summed E-state index contributed by atoms with van der Waals surface area (Å²) in [4.78, 5) is 2.32. The second-order valence-electron chi connectivity index (χ2n) is 5.34. The van der Waals surface area contributed by atoms with Gasteiger partial charge in [0, 0.05) is 24.8 Å². The molecule has 0 aromatic heterocycles. The number of nitrogens with two attached hydrogens (primary N) is 1. The molecule has 106 valence electrons. The molecule has 0 amide bonds. The third kappa shape index (κ3) is 3.40. The molecule has 20 heavy (non-hydrogen) atoms. The van der Waals surface area contributed by atoms with Crippen LogP contribution in [0.25, 0.3) is 0 Å². The van der Waals surface area contributed by atoms with Crippen molar-refractivity contribution in [1.82, 2.24) is 0 Å². The minimum absolute atomic E-state index is 0.0377. The van der Waals surface area contributed by atoms with Gasteiger partial charge in [-0.25, -0.2) is 0 Å². The number of benzene rings is 2. The van der Waals surface area contributed by atoms with Crippen LogP contribution in [0.3, 0.4) is 0 Å². The SMILES string of the molecule is CCN(CC(N)c1ccc(C)cc1C)c1ccccc1. The number of nitrogens with zero attached hydrogens (tertiary/aromatic N) is 1. The molecule has 0 bridgehead atoms. The molecular formula is C18H24N2. The van der Waals surface area contributed by atoms with E-state index in [9.17, 15) is 0 Å². The zero-order valence-electron chi connectivity index (χ0n) is 12.6. The van der Waals surface area contributed by atoms with Crippen molar-refractivity contribution >= 4 is 5.69 Å². The van der Waals surface area contributed by atoms with E-state index in [1.54, 1.807) is 0 Å². The van der Waals surface area contributed by atoms with Gasteiger partial charge in [-0.15, -0.1) is 0 Å². The highest BCUT2D eigenvalue weighted by Crippen LogP contribution is 2.21. The van der Waals surface area contributed by atoms with Crippen molar-refractivity contribution in [3.63, 3.8) is 0 Å². The molecule has 2 nitrogen and oxygen atoms in total. The van der Waals surface area contributed by atoms with E-state index in [1.807, 2.05) is 6.07 Å². The Bertz CT molecular complexity index is 549. The van der Waals surface area contributed by atoms with Gasteiger partial charge in [-0.1, -0.05) is 42.0 Å². The second kappa shape index (κ2) is 6.58. The molecule has 1 atom stereocenters. The van der Waals surface area contributed by atoms with Gasteiger partial charge in [0.25, 0.3) is 0 Å². The van der Waals surface area contributed by atoms with Gasteiger partial charge in [0.05, 0.1) is 0 Å². The predicted molar refractivity (Wildman–Crippen MR) is 87.2 cm³/mol. The molecule has 0 spiro atoms. The van der Waals surface area contributed by atoms with Gasteiger partial charge in [0.15, 0.2) is 0 Å². The lowest BCUT2D eigenvalue weighted by Crippen LogP contribution is -2.32. The molecule has 0 aliphatic carbocycles. The molecule has 2 aromatic carbocycles. The lowest BCUT2D eigenvalue weighted by molar-refractivity contribution is 0.673. The summed E-state index contributed by atoms with van der Waals surface area (Å²) < 4.78 is 0. The average Bonchev–Trinajstić information content (AvgIpc) is 2.45. The van der Waals surface area contributed by atoms with E-state index in [0.29, 0.717) is 0 Å². The van der Waals surface area contributed by atoms with E-state index in [1.165, 1.54) is 22.4 Å². The number of hydrogen-bond acceptors (Lipinski definition) is 2. The van der Waals surface area contributed by atoms with E-state index in [0.717, 1.165) is 13.1 Å². The number of hydrogen-bond donors (Lipinski definition) is 1. The first-order chi connectivity index (χ1) is 9.61. The van der Waals surface area contributed by atoms with Crippen LogP contribution >= 0.6 is 0 Å². The standard InChI is InChI=1S/C18H24N2/c1-4-20(16-8-6-5-7-9-16)13-18(19)17-11-10-14(2)12-15(17)3/h5-12,18H,4,13,19H2,1-3H3. The Kier molecular flexibility index (Phi) is 4.80. The number of rotatable bonds is 5. The number of para-hydroxylation sites is 1. The zero-order chi connectivity index (χ0) is 14.5. The summed E-state index contributed by atoms with van der Waals surface area (Å²) in [6, 6.07) is 17.0. The molecule has 0 fully saturated rings. The molecule has 2 aromatic rings. The van der Waals surface area contributed by atoms with Crippen molar-refractivity contribution in [2.45, 2.75) is 26.8 Å². The Labute approximate surface area is 122 Å². The first-order valence-electron chi connectivity index (χ1n) is 7.24. The summed E-state index contributed by atoms with van der Waals surface area (Å²) in [6.07, 6.45) is 0. The van der Waals surface area contributed by atoms with Crippen molar-refractivity contribution < 1.29 is 0 Å². The van der Waals surface area contributed by atoms with E-state index in [-0.39, 0.29) is 6.04 Å². The molecule has 0 aliphatic rings. The van der Waals surface area contributed by atoms with Gasteiger partial charge in [0.2, 0.25) is 0 Å². The molecule has 0 heterocycles. The molecule has 0 saturated carbocycles. The molecule has 1 unspecified atom stereocenters. The highest BCUT2D eigenvalue weighted by molar-refractivity contribution is 5.46. The Hall–Kier alpha value is -1.80. The summed E-state index contributed by atoms with van der Waals surface area (Å²) in [5, 5.41) is 0. The Morgan fingerprint density at radius 3 is 2.35 bits per heavy atom. The summed E-state index contributed by atoms with van der Waals surface area (Å²) in [6.45, 7) is 8.22. The third-order valence-corrected chi connectivity index (χ3v) is 3.74. The van der Waals surface area contributed by atoms with Crippen LogP contribution in [-0.4, -0.2) is 13.1 Å². The maximum absolute atomic E-state index is 6.42. The Morgan fingerprint density at radius 2 is 1.75 bits per heavy atom. The highest BCUT2D eigenvalue weighted by atomic mass is 15.1. The average molecular weight is 268 g/mol. The van der Waals surface area contributed by atoms with E-state index >= 15 is 0 Å². The third-order valence-electron chi connectivity index (χ3n) is 3.74. The second-order valence-corrected chi connectivity index (χ2v) is 5.34. The first kappa shape index (κ1) is 14.6. The van der Waals surface area contributed by atoms with E-state index < -0.39 is 0 Å². The number of likely N-dealkylation sites (N-methyl/N-ethyl adjacent to an activating group) is 1. The fraction of sp³-hybridized carbons (Fsp3) is 0.333. The fourth-order valence-electron chi connectivity index (χ4n) is 2.63. The van der Waals surface area contributed by atoms with Crippen molar-refractivity contribution in [1.29, 1.82) is 0 Å². The van der Waals surface area contributed by atoms with Crippen LogP contribution in [0, 0.1) is 13.8 Å². The van der Waals surface area contributed by atoms with E-state index in [4.69, 9.17) is 5.73 Å². The quantitative estimate of drug-likeness (QED) is 0.893. The van der Waals surface area contributed by atoms with Crippen molar-refractivity contribution in [3.8, 4) is 0 Å². The molecule has 0 radical (unpaired) electrons. The molecular weight excluding hydrogens is 244 g/mol. The van der Waals surface area contributed by atoms with Crippen LogP contribution < -0.4 is 10.6 Å². The molecule has 0 aliphatic heterocycles. The highest BCUT2D eigenvalue weighted by Gasteiger charge is 2.13. The topological polar surface area (TPSA) is 29.3 Å². The summed E-state index contributed by atoms with van der Waals surface area (Å²) in [5.41, 5.74) is 11.5. The van der Waals surface area contributed by atoms with E-state index in [2.05, 4.69) is 68.1 Å². The number of aryl methyl sites for hydroxylation is 2. The monoisotopic (exact) mass is 268 g/mol. The van der Waals surface area contributed by atoms with Gasteiger partial charge in [0.1, 0.15) is 0 Å². The maximum atomic E-state index is 6.42. The van der Waals surface area contributed by atoms with Crippen molar-refractivity contribution in [2.75, 3.05) is 18.0 Å². The van der Waals surface area contributed by atoms with Crippen LogP contribution in [0.4, 0.5) is 5.69 Å². The zero-order valence-corrected chi connectivity index (χ0v) is 12.6. The molecule has 2 N–H and O–H groups in total. The Balaban J connectivity index is 2.15. The van der Waals surface area contributed by atoms with Gasteiger partial charge < -0.3 is 10.6 Å².